The molecule has 0 unspecified atom stereocenters. The molecular formula is C56H50I2KN11O10. The molecule has 0 saturated carbocycles. The number of nitrogens with one attached hydrogen (secondary N) is 4. The molecule has 0 radical (unpaired) electrons. The van der Waals surface area contributed by atoms with Crippen molar-refractivity contribution in [1.82, 2.24) is 15.0 Å². The number of nitrogens with two attached hydrogens (primary N) is 2. The Morgan fingerprint density at radius 2 is 0.887 bits per heavy atom. The van der Waals surface area contributed by atoms with Crippen LogP contribution in [0.25, 0.3) is 67.7 Å². The Hall–Kier alpha value is -7.86. The Bertz CT molecular complexity index is 3680. The number of nitrogens with zero attached hydrogens (tertiary/aromatic N) is 5. The number of nitro groups is 2. The number of nitrogen functional groups attached to an aromatic ring is 2. The van der Waals surface area contributed by atoms with Crippen LogP contribution >= 0.6 is 22.6 Å². The monoisotopic (exact) mass is 1330 g/mol. The van der Waals surface area contributed by atoms with Gasteiger partial charge in [-0.3, -0.25) is 25.0 Å². The van der Waals surface area contributed by atoms with Gasteiger partial charge in [0.05, 0.1) is 27.7 Å². The summed E-state index contributed by atoms with van der Waals surface area (Å²) in [5, 5.41) is 41.9. The van der Waals surface area contributed by atoms with Gasteiger partial charge in [-0.15, -0.1) is 0 Å². The second kappa shape index (κ2) is 30.5. The van der Waals surface area contributed by atoms with Gasteiger partial charge in [-0.1, -0.05) is 0 Å². The van der Waals surface area contributed by atoms with Crippen molar-refractivity contribution in [3.63, 3.8) is 0 Å². The number of halogens is 2. The minimum atomic E-state index is -0.598. The fourth-order valence-corrected chi connectivity index (χ4v) is 7.44. The molecule has 24 heteroatoms. The van der Waals surface area contributed by atoms with Crippen molar-refractivity contribution < 1.29 is 113 Å². The first-order valence-electron chi connectivity index (χ1n) is 23.4. The average Bonchev–Trinajstić information content (AvgIpc) is 4.26. The number of rotatable bonds is 11. The number of hydrogen-bond donors (Lipinski definition) is 7. The van der Waals surface area contributed by atoms with E-state index >= 15 is 0 Å². The largest absolute Gasteiger partial charge is 1.00 e. The van der Waals surface area contributed by atoms with Crippen LogP contribution in [0.2, 0.25) is 0 Å². The Balaban J connectivity index is 0.000000186. The molecule has 0 aliphatic carbocycles. The summed E-state index contributed by atoms with van der Waals surface area (Å²) in [6.07, 6.45) is 0. The molecule has 0 atom stereocenters. The minimum Gasteiger partial charge on any atom is -1.00 e. The van der Waals surface area contributed by atoms with Gasteiger partial charge in [0.15, 0.2) is 16.7 Å². The molecular weight excluding hydrogens is 1280 g/mol. The van der Waals surface area contributed by atoms with Crippen molar-refractivity contribution in [3.8, 4) is 45.9 Å². The molecule has 3 heterocycles. The van der Waals surface area contributed by atoms with Crippen molar-refractivity contribution in [3.05, 3.63) is 194 Å². The number of benzene rings is 8. The Labute approximate surface area is 530 Å². The summed E-state index contributed by atoms with van der Waals surface area (Å²) in [4.78, 5) is 42.9. The summed E-state index contributed by atoms with van der Waals surface area (Å²) in [6.45, 7) is 0.411. The minimum absolute atomic E-state index is 0. The summed E-state index contributed by atoms with van der Waals surface area (Å²) in [5.41, 5.74) is 22.7. The summed E-state index contributed by atoms with van der Waals surface area (Å²) >= 11 is 2.27. The van der Waals surface area contributed by atoms with Crippen molar-refractivity contribution in [2.75, 3.05) is 60.9 Å². The number of aromatic nitrogens is 3. The van der Waals surface area contributed by atoms with Crippen LogP contribution in [0.15, 0.2) is 183 Å². The number of carbonyl (C=O) groups excluding carboxylic acids is 1. The van der Waals surface area contributed by atoms with Gasteiger partial charge >= 0.3 is 51.4 Å². The summed E-state index contributed by atoms with van der Waals surface area (Å²) < 4.78 is 22.8. The van der Waals surface area contributed by atoms with E-state index in [0.717, 1.165) is 65.7 Å². The van der Waals surface area contributed by atoms with Gasteiger partial charge in [0.25, 0.3) is 17.8 Å². The molecule has 0 amide bonds. The second-order valence-electron chi connectivity index (χ2n) is 16.3. The second-order valence-corrected chi connectivity index (χ2v) is 17.5. The fraction of sp³-hybridized carbons (Fsp3) is 0.0714. The number of fused-ring (bicyclic) bond motifs is 3. The van der Waals surface area contributed by atoms with E-state index in [4.69, 9.17) is 29.8 Å². The van der Waals surface area contributed by atoms with Gasteiger partial charge in [-0.05, 0) is 162 Å². The van der Waals surface area contributed by atoms with Gasteiger partial charge in [-0.25, -0.2) is 15.0 Å². The molecule has 9 N–H and O–H groups in total. The van der Waals surface area contributed by atoms with Gasteiger partial charge < -0.3 is 79.8 Å². The van der Waals surface area contributed by atoms with E-state index in [1.165, 1.54) is 24.3 Å². The third-order valence-corrected chi connectivity index (χ3v) is 11.8. The Morgan fingerprint density at radius 1 is 0.525 bits per heavy atom. The zero-order chi connectivity index (χ0) is 55.7. The summed E-state index contributed by atoms with van der Waals surface area (Å²) in [6, 6.07) is 50.0. The maximum Gasteiger partial charge on any atom is 1.00 e. The molecule has 0 bridgehead atoms. The molecule has 11 aromatic rings. The van der Waals surface area contributed by atoms with E-state index in [2.05, 4.69) is 63.5 Å². The zero-order valence-corrected chi connectivity index (χ0v) is 50.9. The van der Waals surface area contributed by atoms with Crippen molar-refractivity contribution >= 4 is 108 Å². The van der Waals surface area contributed by atoms with Crippen LogP contribution in [0.1, 0.15) is 0 Å². The maximum atomic E-state index is 10.7. The van der Waals surface area contributed by atoms with Crippen LogP contribution in [0.3, 0.4) is 0 Å². The number of aromatic hydroxyl groups is 1. The number of phenolic OH excluding ortho intramolecular Hbond substituents is 1. The van der Waals surface area contributed by atoms with Crippen LogP contribution < -0.4 is 113 Å². The number of oxazole rings is 3. The molecule has 80 heavy (non-hydrogen) atoms. The van der Waals surface area contributed by atoms with Crippen molar-refractivity contribution in [1.29, 1.82) is 0 Å². The Morgan fingerprint density at radius 3 is 1.29 bits per heavy atom. The van der Waals surface area contributed by atoms with Crippen molar-refractivity contribution in [2.24, 2.45) is 0 Å². The number of ether oxygens (including phenoxy) is 1. The first-order valence-corrected chi connectivity index (χ1v) is 24.5. The van der Waals surface area contributed by atoms with Crippen LogP contribution in [0.4, 0.5) is 45.5 Å². The van der Waals surface area contributed by atoms with Crippen LogP contribution in [-0.4, -0.2) is 64.6 Å². The first-order chi connectivity index (χ1) is 37.7. The van der Waals surface area contributed by atoms with Gasteiger partial charge in [0, 0.05) is 95.1 Å². The maximum absolute atomic E-state index is 10.7. The number of non-ortho nitro benzene ring substituents is 2. The molecule has 0 spiro atoms. The number of phenols is 1. The van der Waals surface area contributed by atoms with Gasteiger partial charge in [0.2, 0.25) is 17.7 Å². The molecule has 0 aliphatic rings. The molecule has 0 aliphatic heterocycles. The number of nitro benzene ring substituents is 2. The smallest absolute Gasteiger partial charge is 1.00 e. The zero-order valence-electron chi connectivity index (χ0n) is 43.5. The third-order valence-electron chi connectivity index (χ3n) is 11.2. The van der Waals surface area contributed by atoms with Crippen LogP contribution in [0.5, 0.6) is 11.5 Å². The molecule has 21 nitrogen and oxygen atoms in total. The number of carbonyl (C=O) groups is 1. The van der Waals surface area contributed by atoms with Gasteiger partial charge in [-0.2, -0.15) is 0 Å². The van der Waals surface area contributed by atoms with E-state index < -0.39 is 9.85 Å². The molecule has 3 aromatic heterocycles. The van der Waals surface area contributed by atoms with Crippen LogP contribution in [0, 0.1) is 23.8 Å². The molecule has 11 rings (SSSR count). The van der Waals surface area contributed by atoms with E-state index in [1.807, 2.05) is 143 Å². The van der Waals surface area contributed by atoms with E-state index in [0.29, 0.717) is 52.3 Å². The van der Waals surface area contributed by atoms with E-state index in [9.17, 15) is 25.0 Å². The number of hydrogen-bond acceptors (Lipinski definition) is 19. The third kappa shape index (κ3) is 17.3. The topological polar surface area (TPSA) is 311 Å². The Kier molecular flexibility index (Phi) is 24.0. The SMILES string of the molecule is CNc1ccc(-c2nc3ccc(I)cc3o2)cc1.CNc1ccc(-c2nc3ccc(N)cc3o2)cc1.CNc1ccc(-c2nc3ccc([N+](=O)[O-])cc3o2)cc1.CNc1ccc(OC=O)cc1.Nc1ccc([N+](=O)[O-])cc1O.[I-].[K+]. The summed E-state index contributed by atoms with van der Waals surface area (Å²) in [7, 11) is 7.46. The van der Waals surface area contributed by atoms with Crippen LogP contribution in [-0.2, 0) is 4.79 Å². The average molecular weight is 1330 g/mol. The normalized spacial score (nSPS) is 10.0. The molecule has 0 fully saturated rings. The van der Waals surface area contributed by atoms with Gasteiger partial charge in [0.1, 0.15) is 28.0 Å². The molecule has 0 saturated heterocycles. The van der Waals surface area contributed by atoms with Crippen molar-refractivity contribution in [2.45, 2.75) is 0 Å². The standard InChI is InChI=1S/C14H11IN2O.C14H11N3O3.C14H13N3O.C8H9NO2.C6H6N2O3.HI.K/c1-16-11-5-2-9(3-6-11)14-17-12-7-4-10(15)8-13(12)18-14;1-15-10-4-2-9(3-5-10)14-16-12-7-6-11(17(18)19)8-13(12)20-14;1-16-11-5-2-9(3-6-11)14-17-12-7-4-10(15)8-13(12)18-14;1-9-7-2-4-8(5-3-7)11-6-10;7-5-2-1-4(8(10)11)3-6(5)9;;/h2-8,16H,1H3;2-8,15H,1H3;2-8,16H,15H2,1H3;2-6,9H,1H3;1-3,9H,7H2;1H;/q;;;;;;+1/p-1. The molecule has 404 valence electrons. The molecule has 8 aromatic carbocycles. The van der Waals surface area contributed by atoms with E-state index in [-0.39, 0.29) is 98.2 Å². The number of anilines is 6. The van der Waals surface area contributed by atoms with E-state index in [1.54, 1.807) is 24.3 Å². The quantitative estimate of drug-likeness (QED) is 0.0132. The first kappa shape index (κ1) is 63.0. The predicted molar refractivity (Wildman–Crippen MR) is 313 cm³/mol. The predicted octanol–water partition coefficient (Wildman–Crippen LogP) is 6.86. The summed E-state index contributed by atoms with van der Waals surface area (Å²) in [5.74, 6) is 2.01. The fourth-order valence-electron chi connectivity index (χ4n) is 6.98.